The fourth-order valence-corrected chi connectivity index (χ4v) is 2.44. The van der Waals surface area contributed by atoms with Gasteiger partial charge in [0.15, 0.2) is 0 Å². The van der Waals surface area contributed by atoms with Crippen molar-refractivity contribution in [3.8, 4) is 0 Å². The molecule has 1 N–H and O–H groups in total. The van der Waals surface area contributed by atoms with Gasteiger partial charge in [-0.1, -0.05) is 42.5 Å². The molecule has 0 saturated heterocycles. The highest BCUT2D eigenvalue weighted by Crippen LogP contribution is 2.24. The molecule has 0 radical (unpaired) electrons. The zero-order valence-corrected chi connectivity index (χ0v) is 11.3. The molecule has 2 aromatic carbocycles. The zero-order valence-electron chi connectivity index (χ0n) is 11.3. The third-order valence-corrected chi connectivity index (χ3v) is 3.24. The van der Waals surface area contributed by atoms with Crippen LogP contribution in [0.15, 0.2) is 42.5 Å². The van der Waals surface area contributed by atoms with E-state index >= 15 is 0 Å². The lowest BCUT2D eigenvalue weighted by Gasteiger charge is -2.21. The van der Waals surface area contributed by atoms with Crippen LogP contribution in [0.3, 0.4) is 0 Å². The Morgan fingerprint density at radius 1 is 1.06 bits per heavy atom. The van der Waals surface area contributed by atoms with Crippen LogP contribution in [0.4, 0.5) is 0 Å². The molecule has 0 aliphatic carbocycles. The SMILES string of the molecule is COCC(C)NC(C)c1cccc2ccccc12. The minimum absolute atomic E-state index is 0.321. The second-order valence-corrected chi connectivity index (χ2v) is 4.81. The fraction of sp³-hybridized carbons (Fsp3) is 0.375. The van der Waals surface area contributed by atoms with Crippen molar-refractivity contribution in [1.82, 2.24) is 5.32 Å². The van der Waals surface area contributed by atoms with E-state index in [4.69, 9.17) is 4.74 Å². The minimum atomic E-state index is 0.321. The number of fused-ring (bicyclic) bond motifs is 1. The number of rotatable bonds is 5. The summed E-state index contributed by atoms with van der Waals surface area (Å²) in [6.45, 7) is 5.08. The van der Waals surface area contributed by atoms with Crippen molar-refractivity contribution < 1.29 is 4.74 Å². The molecule has 2 heteroatoms. The van der Waals surface area contributed by atoms with E-state index < -0.39 is 0 Å². The average Bonchev–Trinajstić information content (AvgIpc) is 2.38. The first-order valence-electron chi connectivity index (χ1n) is 6.45. The summed E-state index contributed by atoms with van der Waals surface area (Å²) in [4.78, 5) is 0. The van der Waals surface area contributed by atoms with Crippen LogP contribution in [0, 0.1) is 0 Å². The van der Waals surface area contributed by atoms with Crippen molar-refractivity contribution in [3.05, 3.63) is 48.0 Å². The summed E-state index contributed by atoms with van der Waals surface area (Å²) in [7, 11) is 1.74. The van der Waals surface area contributed by atoms with Gasteiger partial charge in [0.2, 0.25) is 0 Å². The minimum Gasteiger partial charge on any atom is -0.383 e. The number of methoxy groups -OCH3 is 1. The smallest absolute Gasteiger partial charge is 0.0613 e. The van der Waals surface area contributed by atoms with Crippen molar-refractivity contribution in [3.63, 3.8) is 0 Å². The first kappa shape index (κ1) is 13.1. The highest BCUT2D eigenvalue weighted by atomic mass is 16.5. The molecule has 0 heterocycles. The van der Waals surface area contributed by atoms with Gasteiger partial charge in [-0.05, 0) is 30.2 Å². The molecule has 0 fully saturated rings. The largest absolute Gasteiger partial charge is 0.383 e. The van der Waals surface area contributed by atoms with Crippen molar-refractivity contribution in [2.75, 3.05) is 13.7 Å². The Balaban J connectivity index is 2.24. The van der Waals surface area contributed by atoms with Crippen LogP contribution in [0.2, 0.25) is 0 Å². The van der Waals surface area contributed by atoms with Crippen LogP contribution in [-0.4, -0.2) is 19.8 Å². The van der Waals surface area contributed by atoms with E-state index in [1.54, 1.807) is 7.11 Å². The lowest BCUT2D eigenvalue weighted by Crippen LogP contribution is -2.32. The van der Waals surface area contributed by atoms with E-state index in [1.807, 2.05) is 0 Å². The van der Waals surface area contributed by atoms with Crippen LogP contribution in [-0.2, 0) is 4.74 Å². The third kappa shape index (κ3) is 2.89. The van der Waals surface area contributed by atoms with Crippen LogP contribution in [0.1, 0.15) is 25.5 Å². The van der Waals surface area contributed by atoms with Gasteiger partial charge in [-0.3, -0.25) is 0 Å². The lowest BCUT2D eigenvalue weighted by atomic mass is 9.99. The van der Waals surface area contributed by atoms with Gasteiger partial charge in [-0.15, -0.1) is 0 Å². The molecule has 96 valence electrons. The number of hydrogen-bond acceptors (Lipinski definition) is 2. The molecule has 18 heavy (non-hydrogen) atoms. The second-order valence-electron chi connectivity index (χ2n) is 4.81. The molecule has 0 amide bonds. The van der Waals surface area contributed by atoms with Crippen molar-refractivity contribution in [1.29, 1.82) is 0 Å². The van der Waals surface area contributed by atoms with Crippen LogP contribution >= 0.6 is 0 Å². The van der Waals surface area contributed by atoms with Gasteiger partial charge in [0.1, 0.15) is 0 Å². The standard InChI is InChI=1S/C16H21NO/c1-12(11-18-3)17-13(2)15-10-6-8-14-7-4-5-9-16(14)15/h4-10,12-13,17H,11H2,1-3H3. The van der Waals surface area contributed by atoms with Gasteiger partial charge >= 0.3 is 0 Å². The van der Waals surface area contributed by atoms with Gasteiger partial charge in [-0.2, -0.15) is 0 Å². The topological polar surface area (TPSA) is 21.3 Å². The molecule has 0 aliphatic heterocycles. The summed E-state index contributed by atoms with van der Waals surface area (Å²) >= 11 is 0. The van der Waals surface area contributed by atoms with Gasteiger partial charge < -0.3 is 10.1 Å². The third-order valence-electron chi connectivity index (χ3n) is 3.24. The van der Waals surface area contributed by atoms with Crippen molar-refractivity contribution in [2.24, 2.45) is 0 Å². The summed E-state index contributed by atoms with van der Waals surface area (Å²) in [5.41, 5.74) is 1.34. The summed E-state index contributed by atoms with van der Waals surface area (Å²) in [6.07, 6.45) is 0. The molecule has 0 saturated carbocycles. The number of ether oxygens (including phenoxy) is 1. The van der Waals surface area contributed by atoms with Crippen LogP contribution in [0.25, 0.3) is 10.8 Å². The van der Waals surface area contributed by atoms with E-state index in [-0.39, 0.29) is 0 Å². The summed E-state index contributed by atoms with van der Waals surface area (Å²) in [5.74, 6) is 0. The predicted octanol–water partition coefficient (Wildman–Crippen LogP) is 3.53. The van der Waals surface area contributed by atoms with E-state index in [0.717, 1.165) is 6.61 Å². The first-order valence-corrected chi connectivity index (χ1v) is 6.45. The van der Waals surface area contributed by atoms with Crippen LogP contribution in [0.5, 0.6) is 0 Å². The number of benzene rings is 2. The molecule has 0 aliphatic rings. The molecule has 2 atom stereocenters. The zero-order chi connectivity index (χ0) is 13.0. The maximum absolute atomic E-state index is 5.17. The molecule has 0 aromatic heterocycles. The molecule has 2 unspecified atom stereocenters. The summed E-state index contributed by atoms with van der Waals surface area (Å²) in [5, 5.41) is 6.18. The van der Waals surface area contributed by atoms with Crippen molar-refractivity contribution >= 4 is 10.8 Å². The molecular formula is C16H21NO. The highest BCUT2D eigenvalue weighted by Gasteiger charge is 2.11. The molecule has 2 nitrogen and oxygen atoms in total. The van der Waals surface area contributed by atoms with E-state index in [0.29, 0.717) is 12.1 Å². The van der Waals surface area contributed by atoms with Crippen LogP contribution < -0.4 is 5.32 Å². The van der Waals surface area contributed by atoms with Gasteiger partial charge in [0.25, 0.3) is 0 Å². The van der Waals surface area contributed by atoms with Gasteiger partial charge in [-0.25, -0.2) is 0 Å². The Morgan fingerprint density at radius 3 is 2.56 bits per heavy atom. The molecule has 2 rings (SSSR count). The average molecular weight is 243 g/mol. The van der Waals surface area contributed by atoms with E-state index in [1.165, 1.54) is 16.3 Å². The summed E-state index contributed by atoms with van der Waals surface area (Å²) in [6, 6.07) is 15.7. The Morgan fingerprint density at radius 2 is 1.78 bits per heavy atom. The molecule has 2 aromatic rings. The number of nitrogens with one attached hydrogen (secondary N) is 1. The maximum atomic E-state index is 5.17. The van der Waals surface area contributed by atoms with Crippen molar-refractivity contribution in [2.45, 2.75) is 25.9 Å². The Hall–Kier alpha value is -1.38. The second kappa shape index (κ2) is 5.98. The number of hydrogen-bond donors (Lipinski definition) is 1. The predicted molar refractivity (Wildman–Crippen MR) is 76.8 cm³/mol. The van der Waals surface area contributed by atoms with Gasteiger partial charge in [0, 0.05) is 19.2 Å². The maximum Gasteiger partial charge on any atom is 0.0613 e. The Labute approximate surface area is 109 Å². The molecule has 0 bridgehead atoms. The normalized spacial score (nSPS) is 14.6. The van der Waals surface area contributed by atoms with Gasteiger partial charge in [0.05, 0.1) is 6.61 Å². The Kier molecular flexibility index (Phi) is 4.34. The quantitative estimate of drug-likeness (QED) is 0.867. The molecular weight excluding hydrogens is 222 g/mol. The van der Waals surface area contributed by atoms with E-state index in [2.05, 4.69) is 61.6 Å². The van der Waals surface area contributed by atoms with E-state index in [9.17, 15) is 0 Å². The fourth-order valence-electron chi connectivity index (χ4n) is 2.44. The first-order chi connectivity index (χ1) is 8.72. The highest BCUT2D eigenvalue weighted by molar-refractivity contribution is 5.86. The monoisotopic (exact) mass is 243 g/mol. The molecule has 0 spiro atoms. The summed E-state index contributed by atoms with van der Waals surface area (Å²) < 4.78 is 5.17. The lowest BCUT2D eigenvalue weighted by molar-refractivity contribution is 0.168. The Bertz CT molecular complexity index is 504.